The smallest absolute Gasteiger partial charge is 0.346 e. The standard InChI is InChI=1S/C11H8O4/c12-10-8-3-6-1-2-14-5-7(6)4-9(8)11(13)15-10/h3-4H,1-2,5H2. The Morgan fingerprint density at radius 3 is 2.40 bits per heavy atom. The summed E-state index contributed by atoms with van der Waals surface area (Å²) in [5.74, 6) is -1.09. The van der Waals surface area contributed by atoms with Crippen molar-refractivity contribution in [3.05, 3.63) is 34.4 Å². The van der Waals surface area contributed by atoms with Crippen molar-refractivity contribution >= 4 is 11.9 Å². The number of carbonyl (C=O) groups excluding carboxylic acids is 2. The lowest BCUT2D eigenvalue weighted by Gasteiger charge is -2.16. The molecule has 0 amide bonds. The van der Waals surface area contributed by atoms with Crippen LogP contribution in [0.15, 0.2) is 12.1 Å². The molecule has 4 heteroatoms. The monoisotopic (exact) mass is 204 g/mol. The van der Waals surface area contributed by atoms with Gasteiger partial charge in [-0.1, -0.05) is 0 Å². The van der Waals surface area contributed by atoms with Crippen LogP contribution in [0.3, 0.4) is 0 Å². The number of fused-ring (bicyclic) bond motifs is 2. The molecular weight excluding hydrogens is 196 g/mol. The molecule has 0 aliphatic carbocycles. The molecular formula is C11H8O4. The lowest BCUT2D eigenvalue weighted by molar-refractivity contribution is 0.0444. The van der Waals surface area contributed by atoms with Gasteiger partial charge in [-0.25, -0.2) is 9.59 Å². The summed E-state index contributed by atoms with van der Waals surface area (Å²) in [5.41, 5.74) is 2.81. The first kappa shape index (κ1) is 8.61. The van der Waals surface area contributed by atoms with Gasteiger partial charge >= 0.3 is 11.9 Å². The van der Waals surface area contributed by atoms with E-state index < -0.39 is 11.9 Å². The molecule has 0 radical (unpaired) electrons. The number of esters is 2. The minimum absolute atomic E-state index is 0.365. The van der Waals surface area contributed by atoms with Crippen LogP contribution in [0.5, 0.6) is 0 Å². The van der Waals surface area contributed by atoms with Crippen molar-refractivity contribution in [1.82, 2.24) is 0 Å². The fourth-order valence-corrected chi connectivity index (χ4v) is 1.95. The second kappa shape index (κ2) is 2.90. The van der Waals surface area contributed by atoms with Crippen molar-refractivity contribution in [3.63, 3.8) is 0 Å². The first-order valence-electron chi connectivity index (χ1n) is 4.76. The number of cyclic esters (lactones) is 2. The van der Waals surface area contributed by atoms with Crippen LogP contribution in [0.25, 0.3) is 0 Å². The number of carbonyl (C=O) groups is 2. The summed E-state index contributed by atoms with van der Waals surface area (Å²) in [5, 5.41) is 0. The Hall–Kier alpha value is -1.68. The summed E-state index contributed by atoms with van der Waals surface area (Å²) in [4.78, 5) is 22.6. The van der Waals surface area contributed by atoms with Gasteiger partial charge in [-0.2, -0.15) is 0 Å². The molecule has 15 heavy (non-hydrogen) atoms. The number of benzene rings is 1. The van der Waals surface area contributed by atoms with E-state index in [1.807, 2.05) is 0 Å². The van der Waals surface area contributed by atoms with E-state index in [0.29, 0.717) is 24.3 Å². The molecule has 0 unspecified atom stereocenters. The topological polar surface area (TPSA) is 52.6 Å². The van der Waals surface area contributed by atoms with Crippen LogP contribution in [-0.2, 0) is 22.5 Å². The highest BCUT2D eigenvalue weighted by atomic mass is 16.6. The third kappa shape index (κ3) is 1.18. The SMILES string of the molecule is O=C1OC(=O)c2cc3c(cc21)CCOC3. The predicted molar refractivity (Wildman–Crippen MR) is 49.5 cm³/mol. The number of hydrogen-bond donors (Lipinski definition) is 0. The fourth-order valence-electron chi connectivity index (χ4n) is 1.95. The van der Waals surface area contributed by atoms with E-state index in [1.54, 1.807) is 12.1 Å². The van der Waals surface area contributed by atoms with Gasteiger partial charge in [0.05, 0.1) is 24.3 Å². The Morgan fingerprint density at radius 2 is 1.67 bits per heavy atom. The van der Waals surface area contributed by atoms with Crippen LogP contribution in [0.4, 0.5) is 0 Å². The normalized spacial score (nSPS) is 18.4. The van der Waals surface area contributed by atoms with Gasteiger partial charge in [0.25, 0.3) is 0 Å². The fraction of sp³-hybridized carbons (Fsp3) is 0.273. The van der Waals surface area contributed by atoms with Gasteiger partial charge in [-0.05, 0) is 29.7 Å². The van der Waals surface area contributed by atoms with Crippen molar-refractivity contribution < 1.29 is 19.1 Å². The lowest BCUT2D eigenvalue weighted by atomic mass is 9.97. The van der Waals surface area contributed by atoms with Crippen molar-refractivity contribution in [1.29, 1.82) is 0 Å². The van der Waals surface area contributed by atoms with E-state index >= 15 is 0 Å². The van der Waals surface area contributed by atoms with E-state index in [4.69, 9.17) is 4.74 Å². The van der Waals surface area contributed by atoms with E-state index in [0.717, 1.165) is 17.5 Å². The minimum atomic E-state index is -0.552. The van der Waals surface area contributed by atoms with Crippen molar-refractivity contribution in [2.75, 3.05) is 6.61 Å². The van der Waals surface area contributed by atoms with Crippen LogP contribution in [0.1, 0.15) is 31.8 Å². The van der Waals surface area contributed by atoms with Gasteiger partial charge in [0.1, 0.15) is 0 Å². The Balaban J connectivity index is 2.20. The summed E-state index contributed by atoms with van der Waals surface area (Å²) in [6.45, 7) is 1.17. The average molecular weight is 204 g/mol. The molecule has 0 spiro atoms. The maximum Gasteiger partial charge on any atom is 0.346 e. The van der Waals surface area contributed by atoms with Crippen LogP contribution in [0.2, 0.25) is 0 Å². The number of rotatable bonds is 0. The van der Waals surface area contributed by atoms with E-state index in [1.165, 1.54) is 0 Å². The molecule has 0 N–H and O–H groups in total. The van der Waals surface area contributed by atoms with Gasteiger partial charge in [0, 0.05) is 0 Å². The zero-order valence-corrected chi connectivity index (χ0v) is 7.91. The second-order valence-electron chi connectivity index (χ2n) is 3.65. The van der Waals surface area contributed by atoms with Gasteiger partial charge in [-0.15, -0.1) is 0 Å². The van der Waals surface area contributed by atoms with E-state index in [2.05, 4.69) is 4.74 Å². The summed E-state index contributed by atoms with van der Waals surface area (Å²) < 4.78 is 9.81. The molecule has 0 saturated carbocycles. The Kier molecular flexibility index (Phi) is 1.67. The molecule has 2 heterocycles. The highest BCUT2D eigenvalue weighted by molar-refractivity contribution is 6.14. The lowest BCUT2D eigenvalue weighted by Crippen LogP contribution is -2.11. The molecule has 0 saturated heterocycles. The summed E-state index contributed by atoms with van der Waals surface area (Å²) in [6, 6.07) is 3.46. The molecule has 0 atom stereocenters. The van der Waals surface area contributed by atoms with E-state index in [-0.39, 0.29) is 0 Å². The molecule has 1 aromatic carbocycles. The number of ether oxygens (including phenoxy) is 2. The molecule has 3 rings (SSSR count). The largest absolute Gasteiger partial charge is 0.386 e. The average Bonchev–Trinajstić information content (AvgIpc) is 2.52. The summed E-state index contributed by atoms with van der Waals surface area (Å²) in [7, 11) is 0. The number of hydrogen-bond acceptors (Lipinski definition) is 4. The molecule has 0 fully saturated rings. The van der Waals surface area contributed by atoms with Crippen molar-refractivity contribution in [3.8, 4) is 0 Å². The van der Waals surface area contributed by atoms with E-state index in [9.17, 15) is 9.59 Å². The Labute approximate surface area is 85.8 Å². The van der Waals surface area contributed by atoms with Crippen molar-refractivity contribution in [2.45, 2.75) is 13.0 Å². The van der Waals surface area contributed by atoms with Gasteiger partial charge < -0.3 is 9.47 Å². The first-order valence-corrected chi connectivity index (χ1v) is 4.76. The predicted octanol–water partition coefficient (Wildman–Crippen LogP) is 1.07. The molecule has 0 aromatic heterocycles. The van der Waals surface area contributed by atoms with Crippen LogP contribution in [-0.4, -0.2) is 18.5 Å². The highest BCUT2D eigenvalue weighted by Gasteiger charge is 2.31. The molecule has 2 aliphatic rings. The maximum atomic E-state index is 11.3. The van der Waals surface area contributed by atoms with Gasteiger partial charge in [-0.3, -0.25) is 0 Å². The molecule has 2 aliphatic heterocycles. The third-order valence-corrected chi connectivity index (χ3v) is 2.74. The second-order valence-corrected chi connectivity index (χ2v) is 3.65. The first-order chi connectivity index (χ1) is 7.25. The summed E-state index contributed by atoms with van der Waals surface area (Å²) >= 11 is 0. The zero-order valence-electron chi connectivity index (χ0n) is 7.91. The molecule has 1 aromatic rings. The molecule has 76 valence electrons. The van der Waals surface area contributed by atoms with Crippen LogP contribution >= 0.6 is 0 Å². The van der Waals surface area contributed by atoms with Crippen LogP contribution in [0, 0.1) is 0 Å². The molecule has 0 bridgehead atoms. The minimum Gasteiger partial charge on any atom is -0.386 e. The Morgan fingerprint density at radius 1 is 1.00 bits per heavy atom. The Bertz CT molecular complexity index is 433. The van der Waals surface area contributed by atoms with Crippen LogP contribution < -0.4 is 0 Å². The molecule has 4 nitrogen and oxygen atoms in total. The zero-order chi connectivity index (χ0) is 10.4. The van der Waals surface area contributed by atoms with Crippen molar-refractivity contribution in [2.24, 2.45) is 0 Å². The highest BCUT2D eigenvalue weighted by Crippen LogP contribution is 2.26. The van der Waals surface area contributed by atoms with Gasteiger partial charge in [0.15, 0.2) is 0 Å². The summed E-state index contributed by atoms with van der Waals surface area (Å²) in [6.07, 6.45) is 0.782. The quantitative estimate of drug-likeness (QED) is 0.468. The van der Waals surface area contributed by atoms with Gasteiger partial charge in [0.2, 0.25) is 0 Å². The maximum absolute atomic E-state index is 11.3. The third-order valence-electron chi connectivity index (χ3n) is 2.74.